The Balaban J connectivity index is 1.57. The van der Waals surface area contributed by atoms with Crippen LogP contribution in [0.4, 0.5) is 0 Å². The molecule has 0 saturated carbocycles. The van der Waals surface area contributed by atoms with Gasteiger partial charge in [0.1, 0.15) is 11.9 Å². The lowest BCUT2D eigenvalue weighted by Gasteiger charge is -2.42. The molecule has 0 spiro atoms. The molecule has 0 aromatic heterocycles. The van der Waals surface area contributed by atoms with Crippen molar-refractivity contribution in [3.05, 3.63) is 60.2 Å². The Morgan fingerprint density at radius 2 is 1.81 bits per heavy atom. The van der Waals surface area contributed by atoms with E-state index < -0.39 is 5.79 Å². The summed E-state index contributed by atoms with van der Waals surface area (Å²) in [6.07, 6.45) is -0.263. The van der Waals surface area contributed by atoms with E-state index in [0.717, 1.165) is 11.5 Å². The van der Waals surface area contributed by atoms with Gasteiger partial charge in [-0.25, -0.2) is 0 Å². The SMILES string of the molecule is CN1[C@H](CSc2ccccc2)c2ccccc2O[C@H]1[C@H]1COC(C)(C)O1. The zero-order chi connectivity index (χ0) is 18.1. The highest BCUT2D eigenvalue weighted by Gasteiger charge is 2.44. The predicted octanol–water partition coefficient (Wildman–Crippen LogP) is 4.32. The molecule has 5 heteroatoms. The van der Waals surface area contributed by atoms with E-state index in [2.05, 4.69) is 60.5 Å². The molecule has 138 valence electrons. The van der Waals surface area contributed by atoms with E-state index in [4.69, 9.17) is 14.2 Å². The lowest BCUT2D eigenvalue weighted by molar-refractivity contribution is -0.167. The lowest BCUT2D eigenvalue weighted by atomic mass is 10.0. The number of likely N-dealkylation sites (N-methyl/N-ethyl adjacent to an activating group) is 1. The highest BCUT2D eigenvalue weighted by Crippen LogP contribution is 2.41. The number of rotatable bonds is 4. The van der Waals surface area contributed by atoms with Crippen molar-refractivity contribution >= 4 is 11.8 Å². The number of thioether (sulfide) groups is 1. The molecule has 1 fully saturated rings. The van der Waals surface area contributed by atoms with Gasteiger partial charge in [-0.05, 0) is 39.1 Å². The summed E-state index contributed by atoms with van der Waals surface area (Å²) >= 11 is 1.87. The molecular formula is C21H25NO3S. The van der Waals surface area contributed by atoms with Crippen LogP contribution in [0.5, 0.6) is 5.75 Å². The molecule has 1 saturated heterocycles. The summed E-state index contributed by atoms with van der Waals surface area (Å²) in [6.45, 7) is 4.45. The molecule has 2 heterocycles. The van der Waals surface area contributed by atoms with Crippen molar-refractivity contribution in [3.63, 3.8) is 0 Å². The van der Waals surface area contributed by atoms with Gasteiger partial charge in [0.15, 0.2) is 12.0 Å². The maximum atomic E-state index is 6.32. The van der Waals surface area contributed by atoms with Crippen LogP contribution in [-0.2, 0) is 9.47 Å². The smallest absolute Gasteiger partial charge is 0.181 e. The van der Waals surface area contributed by atoms with E-state index in [-0.39, 0.29) is 18.4 Å². The highest BCUT2D eigenvalue weighted by atomic mass is 32.2. The topological polar surface area (TPSA) is 30.9 Å². The standard InChI is InChI=1S/C21H25NO3S/c1-21(2)23-13-19(25-21)20-22(3)17(14-26-15-9-5-4-6-10-15)16-11-7-8-12-18(16)24-20/h4-12,17,19-20H,13-14H2,1-3H3/t17-,19-,20+/m1/s1. The van der Waals surface area contributed by atoms with Gasteiger partial charge >= 0.3 is 0 Å². The van der Waals surface area contributed by atoms with Gasteiger partial charge in [0, 0.05) is 16.2 Å². The zero-order valence-corrected chi connectivity index (χ0v) is 16.2. The number of para-hydroxylation sites is 1. The van der Waals surface area contributed by atoms with Gasteiger partial charge in [-0.3, -0.25) is 4.90 Å². The quantitative estimate of drug-likeness (QED) is 0.747. The average Bonchev–Trinajstić information content (AvgIpc) is 3.01. The highest BCUT2D eigenvalue weighted by molar-refractivity contribution is 7.99. The molecule has 0 N–H and O–H groups in total. The molecule has 26 heavy (non-hydrogen) atoms. The monoisotopic (exact) mass is 371 g/mol. The predicted molar refractivity (Wildman–Crippen MR) is 103 cm³/mol. The minimum Gasteiger partial charge on any atom is -0.472 e. The minimum absolute atomic E-state index is 0.104. The van der Waals surface area contributed by atoms with Gasteiger partial charge in [-0.2, -0.15) is 0 Å². The molecule has 0 unspecified atom stereocenters. The van der Waals surface area contributed by atoms with Gasteiger partial charge < -0.3 is 14.2 Å². The Morgan fingerprint density at radius 1 is 1.08 bits per heavy atom. The van der Waals surface area contributed by atoms with Crippen LogP contribution in [0.3, 0.4) is 0 Å². The van der Waals surface area contributed by atoms with Crippen molar-refractivity contribution in [1.29, 1.82) is 0 Å². The Hall–Kier alpha value is -1.53. The Kier molecular flexibility index (Phi) is 4.97. The third-order valence-electron chi connectivity index (χ3n) is 4.92. The van der Waals surface area contributed by atoms with E-state index in [1.165, 1.54) is 10.5 Å². The molecule has 0 bridgehead atoms. The third kappa shape index (κ3) is 3.62. The van der Waals surface area contributed by atoms with E-state index in [1.807, 2.05) is 31.7 Å². The first-order valence-corrected chi connectivity index (χ1v) is 9.99. The molecule has 0 aliphatic carbocycles. The normalized spacial score (nSPS) is 27.7. The first-order chi connectivity index (χ1) is 12.5. The average molecular weight is 372 g/mol. The van der Waals surface area contributed by atoms with Crippen LogP contribution in [0.1, 0.15) is 25.5 Å². The fourth-order valence-corrected chi connectivity index (χ4v) is 4.68. The van der Waals surface area contributed by atoms with Crippen molar-refractivity contribution in [1.82, 2.24) is 4.90 Å². The Labute approximate surface area is 159 Å². The van der Waals surface area contributed by atoms with Crippen molar-refractivity contribution in [2.45, 2.75) is 42.9 Å². The molecule has 0 radical (unpaired) electrons. The van der Waals surface area contributed by atoms with Gasteiger partial charge in [0.25, 0.3) is 0 Å². The summed E-state index contributed by atoms with van der Waals surface area (Å²) in [7, 11) is 2.12. The van der Waals surface area contributed by atoms with Crippen LogP contribution in [0, 0.1) is 0 Å². The molecule has 3 atom stereocenters. The second-order valence-electron chi connectivity index (χ2n) is 7.22. The van der Waals surface area contributed by atoms with Crippen LogP contribution < -0.4 is 4.74 Å². The van der Waals surface area contributed by atoms with E-state index in [0.29, 0.717) is 6.61 Å². The number of nitrogens with zero attached hydrogens (tertiary/aromatic N) is 1. The van der Waals surface area contributed by atoms with Gasteiger partial charge in [-0.1, -0.05) is 36.4 Å². The molecule has 4 nitrogen and oxygen atoms in total. The summed E-state index contributed by atoms with van der Waals surface area (Å²) in [5.41, 5.74) is 1.23. The van der Waals surface area contributed by atoms with Crippen LogP contribution in [-0.4, -0.2) is 42.4 Å². The third-order valence-corrected chi connectivity index (χ3v) is 6.01. The minimum atomic E-state index is -0.555. The van der Waals surface area contributed by atoms with Crippen LogP contribution in [0.2, 0.25) is 0 Å². The van der Waals surface area contributed by atoms with Gasteiger partial charge in [-0.15, -0.1) is 11.8 Å². The first-order valence-electron chi connectivity index (χ1n) is 9.01. The van der Waals surface area contributed by atoms with E-state index in [1.54, 1.807) is 0 Å². The number of benzene rings is 2. The second-order valence-corrected chi connectivity index (χ2v) is 8.31. The zero-order valence-electron chi connectivity index (χ0n) is 15.4. The maximum Gasteiger partial charge on any atom is 0.181 e. The Morgan fingerprint density at radius 3 is 2.54 bits per heavy atom. The molecule has 0 amide bonds. The van der Waals surface area contributed by atoms with E-state index in [9.17, 15) is 0 Å². The Bertz CT molecular complexity index is 752. The fourth-order valence-electron chi connectivity index (χ4n) is 3.57. The van der Waals surface area contributed by atoms with E-state index >= 15 is 0 Å². The molecule has 4 rings (SSSR count). The molecule has 2 aliphatic rings. The molecule has 2 aliphatic heterocycles. The van der Waals surface area contributed by atoms with Crippen molar-refractivity contribution in [2.24, 2.45) is 0 Å². The second kappa shape index (κ2) is 7.24. The summed E-state index contributed by atoms with van der Waals surface area (Å²) in [5, 5.41) is 0. The fraction of sp³-hybridized carbons (Fsp3) is 0.429. The van der Waals surface area contributed by atoms with Gasteiger partial charge in [0.05, 0.1) is 12.6 Å². The number of hydrogen-bond acceptors (Lipinski definition) is 5. The van der Waals surface area contributed by atoms with Gasteiger partial charge in [0.2, 0.25) is 0 Å². The molecule has 2 aromatic rings. The van der Waals surface area contributed by atoms with Crippen molar-refractivity contribution in [3.8, 4) is 5.75 Å². The number of ether oxygens (including phenoxy) is 3. The summed E-state index contributed by atoms with van der Waals surface area (Å²) in [5.74, 6) is 1.34. The maximum absolute atomic E-state index is 6.32. The van der Waals surface area contributed by atoms with Crippen LogP contribution >= 0.6 is 11.8 Å². The number of fused-ring (bicyclic) bond motifs is 1. The summed E-state index contributed by atoms with van der Waals surface area (Å²) < 4.78 is 18.2. The first kappa shape index (κ1) is 17.9. The van der Waals surface area contributed by atoms with Crippen molar-refractivity contribution < 1.29 is 14.2 Å². The summed E-state index contributed by atoms with van der Waals surface area (Å²) in [4.78, 5) is 3.57. The summed E-state index contributed by atoms with van der Waals surface area (Å²) in [6, 6.07) is 19.1. The largest absolute Gasteiger partial charge is 0.472 e. The molecule has 2 aromatic carbocycles. The number of hydrogen-bond donors (Lipinski definition) is 0. The van der Waals surface area contributed by atoms with Crippen LogP contribution in [0.15, 0.2) is 59.5 Å². The van der Waals surface area contributed by atoms with Crippen molar-refractivity contribution in [2.75, 3.05) is 19.4 Å². The van der Waals surface area contributed by atoms with Crippen LogP contribution in [0.25, 0.3) is 0 Å². The lowest BCUT2D eigenvalue weighted by Crippen LogP contribution is -2.51. The molecular weight excluding hydrogens is 346 g/mol.